The van der Waals surface area contributed by atoms with Crippen LogP contribution < -0.4 is 5.32 Å². The van der Waals surface area contributed by atoms with Gasteiger partial charge in [-0.1, -0.05) is 13.0 Å². The largest absolute Gasteiger partial charge is 0.391 e. The first-order chi connectivity index (χ1) is 6.65. The first-order valence-electron chi connectivity index (χ1n) is 4.51. The maximum Gasteiger partial charge on any atom is 0.149 e. The number of halogens is 2. The third-order valence-corrected chi connectivity index (χ3v) is 1.95. The van der Waals surface area contributed by atoms with Crippen LogP contribution in [0, 0.1) is 11.6 Å². The molecule has 0 spiro atoms. The molecule has 0 bridgehead atoms. The van der Waals surface area contributed by atoms with Gasteiger partial charge in [-0.05, 0) is 18.6 Å². The van der Waals surface area contributed by atoms with Gasteiger partial charge in [-0.15, -0.1) is 0 Å². The van der Waals surface area contributed by atoms with Crippen molar-refractivity contribution >= 4 is 5.69 Å². The summed E-state index contributed by atoms with van der Waals surface area (Å²) in [6.07, 6.45) is -0.0442. The van der Waals surface area contributed by atoms with Crippen LogP contribution in [0.15, 0.2) is 18.2 Å². The van der Waals surface area contributed by atoms with Crippen molar-refractivity contribution in [3.05, 3.63) is 29.8 Å². The van der Waals surface area contributed by atoms with Crippen LogP contribution >= 0.6 is 0 Å². The van der Waals surface area contributed by atoms with E-state index in [-0.39, 0.29) is 12.2 Å². The van der Waals surface area contributed by atoms with Crippen LogP contribution in [-0.4, -0.2) is 17.8 Å². The predicted octanol–water partition coefficient (Wildman–Crippen LogP) is 2.15. The Kier molecular flexibility index (Phi) is 3.83. The van der Waals surface area contributed by atoms with Gasteiger partial charge in [-0.3, -0.25) is 0 Å². The highest BCUT2D eigenvalue weighted by atomic mass is 19.1. The SMILES string of the molecule is CC[C@@H](O)CNc1c(F)cccc1F. The molecule has 78 valence electrons. The van der Waals surface area contributed by atoms with Crippen LogP contribution in [0.4, 0.5) is 14.5 Å². The molecule has 4 heteroatoms. The fourth-order valence-corrected chi connectivity index (χ4v) is 1.03. The molecular weight excluding hydrogens is 188 g/mol. The van der Waals surface area contributed by atoms with Gasteiger partial charge < -0.3 is 10.4 Å². The lowest BCUT2D eigenvalue weighted by Crippen LogP contribution is -2.19. The van der Waals surface area contributed by atoms with E-state index < -0.39 is 17.7 Å². The molecule has 0 aliphatic heterocycles. The van der Waals surface area contributed by atoms with Gasteiger partial charge in [0.05, 0.1) is 6.10 Å². The molecule has 1 aromatic rings. The molecule has 0 amide bonds. The number of para-hydroxylation sites is 1. The maximum absolute atomic E-state index is 13.0. The van der Waals surface area contributed by atoms with Crippen molar-refractivity contribution < 1.29 is 13.9 Å². The summed E-state index contributed by atoms with van der Waals surface area (Å²) in [6.45, 7) is 1.94. The minimum absolute atomic E-state index is 0.147. The zero-order valence-electron chi connectivity index (χ0n) is 7.93. The van der Waals surface area contributed by atoms with E-state index in [1.165, 1.54) is 18.2 Å². The van der Waals surface area contributed by atoms with Crippen molar-refractivity contribution in [1.82, 2.24) is 0 Å². The van der Waals surface area contributed by atoms with Gasteiger partial charge in [-0.2, -0.15) is 0 Å². The zero-order chi connectivity index (χ0) is 10.6. The van der Waals surface area contributed by atoms with E-state index >= 15 is 0 Å². The quantitative estimate of drug-likeness (QED) is 0.782. The average Bonchev–Trinajstić information content (AvgIpc) is 2.16. The van der Waals surface area contributed by atoms with Crippen LogP contribution in [0.25, 0.3) is 0 Å². The fraction of sp³-hybridized carbons (Fsp3) is 0.400. The van der Waals surface area contributed by atoms with Gasteiger partial charge in [-0.25, -0.2) is 8.78 Å². The van der Waals surface area contributed by atoms with Crippen LogP contribution in [0.5, 0.6) is 0 Å². The molecule has 1 atom stereocenters. The highest BCUT2D eigenvalue weighted by Crippen LogP contribution is 2.17. The Morgan fingerprint density at radius 3 is 2.43 bits per heavy atom. The lowest BCUT2D eigenvalue weighted by molar-refractivity contribution is 0.183. The van der Waals surface area contributed by atoms with E-state index in [9.17, 15) is 13.9 Å². The van der Waals surface area contributed by atoms with E-state index in [4.69, 9.17) is 0 Å². The Bertz CT molecular complexity index is 284. The van der Waals surface area contributed by atoms with Crippen molar-refractivity contribution in [1.29, 1.82) is 0 Å². The molecule has 0 fully saturated rings. The summed E-state index contributed by atoms with van der Waals surface area (Å²) in [5.74, 6) is -1.29. The van der Waals surface area contributed by atoms with Crippen molar-refractivity contribution in [2.24, 2.45) is 0 Å². The summed E-state index contributed by atoms with van der Waals surface area (Å²) in [7, 11) is 0. The summed E-state index contributed by atoms with van der Waals surface area (Å²) in [5.41, 5.74) is -0.181. The van der Waals surface area contributed by atoms with Crippen LogP contribution in [-0.2, 0) is 0 Å². The number of benzene rings is 1. The molecule has 14 heavy (non-hydrogen) atoms. The Labute approximate surface area is 81.6 Å². The first-order valence-corrected chi connectivity index (χ1v) is 4.51. The Balaban J connectivity index is 2.66. The molecule has 1 rings (SSSR count). The average molecular weight is 201 g/mol. The first kappa shape index (κ1) is 10.9. The molecule has 2 N–H and O–H groups in total. The Morgan fingerprint density at radius 1 is 1.36 bits per heavy atom. The topological polar surface area (TPSA) is 32.3 Å². The second kappa shape index (κ2) is 4.91. The van der Waals surface area contributed by atoms with Crippen molar-refractivity contribution in [2.75, 3.05) is 11.9 Å². The van der Waals surface area contributed by atoms with Gasteiger partial charge in [0, 0.05) is 6.54 Å². The van der Waals surface area contributed by atoms with Crippen LogP contribution in [0.3, 0.4) is 0 Å². The molecule has 2 nitrogen and oxygen atoms in total. The number of rotatable bonds is 4. The normalized spacial score (nSPS) is 12.6. The van der Waals surface area contributed by atoms with E-state index in [1.54, 1.807) is 6.92 Å². The van der Waals surface area contributed by atoms with Crippen LogP contribution in [0.1, 0.15) is 13.3 Å². The second-order valence-corrected chi connectivity index (χ2v) is 3.04. The zero-order valence-corrected chi connectivity index (χ0v) is 7.93. The molecule has 0 aliphatic carbocycles. The van der Waals surface area contributed by atoms with Gasteiger partial charge in [0.15, 0.2) is 0 Å². The van der Waals surface area contributed by atoms with Crippen molar-refractivity contribution in [3.8, 4) is 0 Å². The summed E-state index contributed by atoms with van der Waals surface area (Å²) >= 11 is 0. The van der Waals surface area contributed by atoms with Gasteiger partial charge in [0.1, 0.15) is 17.3 Å². The summed E-state index contributed by atoms with van der Waals surface area (Å²) in [6, 6.07) is 3.64. The highest BCUT2D eigenvalue weighted by Gasteiger charge is 2.08. The second-order valence-electron chi connectivity index (χ2n) is 3.04. The third-order valence-electron chi connectivity index (χ3n) is 1.95. The summed E-state index contributed by atoms with van der Waals surface area (Å²) < 4.78 is 26.0. The minimum Gasteiger partial charge on any atom is -0.391 e. The fourth-order valence-electron chi connectivity index (χ4n) is 1.03. The number of aliphatic hydroxyl groups is 1. The molecule has 0 heterocycles. The monoisotopic (exact) mass is 201 g/mol. The number of aliphatic hydroxyl groups excluding tert-OH is 1. The number of anilines is 1. The van der Waals surface area contributed by atoms with Crippen molar-refractivity contribution in [2.45, 2.75) is 19.4 Å². The third kappa shape index (κ3) is 2.67. The van der Waals surface area contributed by atoms with Gasteiger partial charge in [0.25, 0.3) is 0 Å². The lowest BCUT2D eigenvalue weighted by Gasteiger charge is -2.11. The Morgan fingerprint density at radius 2 is 1.93 bits per heavy atom. The standard InChI is InChI=1S/C10H13F2NO/c1-2-7(14)6-13-10-8(11)4-3-5-9(10)12/h3-5,7,13-14H,2,6H2,1H3/t7-/m1/s1. The minimum atomic E-state index is -0.645. The molecular formula is C10H13F2NO. The Hall–Kier alpha value is -1.16. The number of hydrogen-bond donors (Lipinski definition) is 2. The molecule has 0 aliphatic rings. The van der Waals surface area contributed by atoms with E-state index in [2.05, 4.69) is 5.32 Å². The summed E-state index contributed by atoms with van der Waals surface area (Å²) in [5, 5.41) is 11.7. The smallest absolute Gasteiger partial charge is 0.149 e. The molecule has 1 aromatic carbocycles. The molecule has 0 saturated carbocycles. The number of hydrogen-bond acceptors (Lipinski definition) is 2. The maximum atomic E-state index is 13.0. The predicted molar refractivity (Wildman–Crippen MR) is 51.1 cm³/mol. The molecule has 0 unspecified atom stereocenters. The van der Waals surface area contributed by atoms with E-state index in [0.29, 0.717) is 6.42 Å². The van der Waals surface area contributed by atoms with Crippen molar-refractivity contribution in [3.63, 3.8) is 0 Å². The van der Waals surface area contributed by atoms with Gasteiger partial charge >= 0.3 is 0 Å². The molecule has 0 radical (unpaired) electrons. The lowest BCUT2D eigenvalue weighted by atomic mass is 10.2. The molecule has 0 aromatic heterocycles. The van der Waals surface area contributed by atoms with E-state index in [0.717, 1.165) is 0 Å². The number of nitrogens with one attached hydrogen (secondary N) is 1. The van der Waals surface area contributed by atoms with E-state index in [1.807, 2.05) is 0 Å². The van der Waals surface area contributed by atoms with Gasteiger partial charge in [0.2, 0.25) is 0 Å². The summed E-state index contributed by atoms with van der Waals surface area (Å²) in [4.78, 5) is 0. The van der Waals surface area contributed by atoms with Crippen LogP contribution in [0.2, 0.25) is 0 Å². The highest BCUT2D eigenvalue weighted by molar-refractivity contribution is 5.46. The molecule has 0 saturated heterocycles.